The fourth-order valence-electron chi connectivity index (χ4n) is 2.23. The zero-order valence-corrected chi connectivity index (χ0v) is 9.26. The highest BCUT2D eigenvalue weighted by molar-refractivity contribution is 5.00. The molecule has 2 heterocycles. The molecule has 2 rings (SSSR count). The van der Waals surface area contributed by atoms with Gasteiger partial charge in [-0.05, 0) is 31.4 Å². The summed E-state index contributed by atoms with van der Waals surface area (Å²) in [6.45, 7) is 3.43. The van der Waals surface area contributed by atoms with E-state index in [0.717, 1.165) is 19.6 Å². The lowest BCUT2D eigenvalue weighted by atomic mass is 9.99. The van der Waals surface area contributed by atoms with Crippen LogP contribution in [0.3, 0.4) is 0 Å². The first-order valence-corrected chi connectivity index (χ1v) is 5.59. The Kier molecular flexibility index (Phi) is 3.38. The Hall–Kier alpha value is -0.870. The van der Waals surface area contributed by atoms with Gasteiger partial charge in [-0.25, -0.2) is 0 Å². The smallest absolute Gasteiger partial charge is 0.0521 e. The lowest BCUT2D eigenvalue weighted by Gasteiger charge is -2.31. The molecule has 0 aromatic carbocycles. The number of likely N-dealkylation sites (tertiary alicyclic amines) is 1. The van der Waals surface area contributed by atoms with Gasteiger partial charge >= 0.3 is 0 Å². The van der Waals surface area contributed by atoms with Crippen LogP contribution in [0.5, 0.6) is 0 Å². The molecule has 0 spiro atoms. The van der Waals surface area contributed by atoms with Crippen LogP contribution in [-0.4, -0.2) is 39.5 Å². The summed E-state index contributed by atoms with van der Waals surface area (Å²) in [6.07, 6.45) is 4.20. The molecule has 0 amide bonds. The zero-order chi connectivity index (χ0) is 10.7. The Morgan fingerprint density at radius 1 is 1.60 bits per heavy atom. The van der Waals surface area contributed by atoms with Gasteiger partial charge in [0.15, 0.2) is 0 Å². The lowest BCUT2D eigenvalue weighted by Crippen LogP contribution is -2.36. The van der Waals surface area contributed by atoms with E-state index in [4.69, 9.17) is 5.11 Å². The Morgan fingerprint density at radius 2 is 2.47 bits per heavy atom. The second kappa shape index (κ2) is 4.77. The molecule has 1 aliphatic rings. The molecular formula is C11H19N3O. The van der Waals surface area contributed by atoms with Gasteiger partial charge in [0, 0.05) is 32.9 Å². The molecule has 1 aliphatic heterocycles. The summed E-state index contributed by atoms with van der Waals surface area (Å²) in [5.41, 5.74) is 1.24. The molecule has 0 radical (unpaired) electrons. The van der Waals surface area contributed by atoms with E-state index < -0.39 is 0 Å². The van der Waals surface area contributed by atoms with Crippen molar-refractivity contribution in [2.45, 2.75) is 19.4 Å². The summed E-state index contributed by atoms with van der Waals surface area (Å²) in [4.78, 5) is 2.40. The molecular weight excluding hydrogens is 190 g/mol. The standard InChI is InChI=1S/C11H19N3O/c1-13-11(4-5-12-13)8-14-6-2-3-10(7-14)9-15/h4-5,10,15H,2-3,6-9H2,1H3/t10-/m0/s1. The van der Waals surface area contributed by atoms with E-state index in [2.05, 4.69) is 16.1 Å². The maximum Gasteiger partial charge on any atom is 0.0521 e. The first-order chi connectivity index (χ1) is 7.29. The van der Waals surface area contributed by atoms with Crippen LogP contribution >= 0.6 is 0 Å². The van der Waals surface area contributed by atoms with Crippen molar-refractivity contribution in [3.05, 3.63) is 18.0 Å². The third-order valence-electron chi connectivity index (χ3n) is 3.17. The number of aryl methyl sites for hydroxylation is 1. The highest BCUT2D eigenvalue weighted by Gasteiger charge is 2.19. The summed E-state index contributed by atoms with van der Waals surface area (Å²) in [7, 11) is 1.98. The number of nitrogens with zero attached hydrogens (tertiary/aromatic N) is 3. The molecule has 0 bridgehead atoms. The van der Waals surface area contributed by atoms with Crippen molar-refractivity contribution in [3.63, 3.8) is 0 Å². The molecule has 1 aromatic heterocycles. The average molecular weight is 209 g/mol. The zero-order valence-electron chi connectivity index (χ0n) is 9.26. The second-order valence-corrected chi connectivity index (χ2v) is 4.37. The fraction of sp³-hybridized carbons (Fsp3) is 0.727. The highest BCUT2D eigenvalue weighted by atomic mass is 16.3. The number of piperidine rings is 1. The number of rotatable bonds is 3. The van der Waals surface area contributed by atoms with Crippen molar-refractivity contribution in [3.8, 4) is 0 Å². The summed E-state index contributed by atoms with van der Waals surface area (Å²) >= 11 is 0. The second-order valence-electron chi connectivity index (χ2n) is 4.37. The van der Waals surface area contributed by atoms with Crippen LogP contribution in [0, 0.1) is 5.92 Å². The van der Waals surface area contributed by atoms with Gasteiger partial charge < -0.3 is 5.11 Å². The van der Waals surface area contributed by atoms with Gasteiger partial charge in [0.2, 0.25) is 0 Å². The van der Waals surface area contributed by atoms with Crippen LogP contribution in [0.25, 0.3) is 0 Å². The van der Waals surface area contributed by atoms with E-state index in [1.807, 2.05) is 17.9 Å². The molecule has 1 N–H and O–H groups in total. The molecule has 0 aliphatic carbocycles. The van der Waals surface area contributed by atoms with Crippen LogP contribution in [0.4, 0.5) is 0 Å². The van der Waals surface area contributed by atoms with Crippen molar-refractivity contribution >= 4 is 0 Å². The third kappa shape index (κ3) is 2.58. The molecule has 1 saturated heterocycles. The Bertz CT molecular complexity index is 311. The van der Waals surface area contributed by atoms with E-state index >= 15 is 0 Å². The topological polar surface area (TPSA) is 41.3 Å². The summed E-state index contributed by atoms with van der Waals surface area (Å²) in [5, 5.41) is 13.3. The molecule has 1 atom stereocenters. The quantitative estimate of drug-likeness (QED) is 0.793. The summed E-state index contributed by atoms with van der Waals surface area (Å²) < 4.78 is 1.92. The highest BCUT2D eigenvalue weighted by Crippen LogP contribution is 2.17. The van der Waals surface area contributed by atoms with E-state index in [-0.39, 0.29) is 0 Å². The monoisotopic (exact) mass is 209 g/mol. The first kappa shape index (κ1) is 10.6. The summed E-state index contributed by atoms with van der Waals surface area (Å²) in [6, 6.07) is 2.06. The number of hydrogen-bond acceptors (Lipinski definition) is 3. The van der Waals surface area contributed by atoms with Crippen LogP contribution in [0.15, 0.2) is 12.3 Å². The molecule has 4 nitrogen and oxygen atoms in total. The van der Waals surface area contributed by atoms with Gasteiger partial charge in [0.05, 0.1) is 5.69 Å². The molecule has 4 heteroatoms. The van der Waals surface area contributed by atoms with Gasteiger partial charge in [-0.1, -0.05) is 0 Å². The number of aliphatic hydroxyl groups is 1. The van der Waals surface area contributed by atoms with Gasteiger partial charge in [-0.3, -0.25) is 9.58 Å². The molecule has 84 valence electrons. The number of aliphatic hydroxyl groups excluding tert-OH is 1. The maximum atomic E-state index is 9.15. The van der Waals surface area contributed by atoms with E-state index in [0.29, 0.717) is 12.5 Å². The lowest BCUT2D eigenvalue weighted by molar-refractivity contribution is 0.114. The van der Waals surface area contributed by atoms with Crippen LogP contribution < -0.4 is 0 Å². The van der Waals surface area contributed by atoms with Crippen LogP contribution in [0.2, 0.25) is 0 Å². The predicted octanol–water partition coefficient (Wildman–Crippen LogP) is 0.624. The predicted molar refractivity (Wildman–Crippen MR) is 58.3 cm³/mol. The number of hydrogen-bond donors (Lipinski definition) is 1. The van der Waals surface area contributed by atoms with E-state index in [1.165, 1.54) is 18.5 Å². The SMILES string of the molecule is Cn1nccc1CN1CCC[C@H](CO)C1. The largest absolute Gasteiger partial charge is 0.396 e. The van der Waals surface area contributed by atoms with E-state index in [9.17, 15) is 0 Å². The minimum Gasteiger partial charge on any atom is -0.396 e. The van der Waals surface area contributed by atoms with Gasteiger partial charge in [0.25, 0.3) is 0 Å². The van der Waals surface area contributed by atoms with Gasteiger partial charge in [-0.2, -0.15) is 5.10 Å². The number of aromatic nitrogens is 2. The van der Waals surface area contributed by atoms with Crippen molar-refractivity contribution in [2.24, 2.45) is 13.0 Å². The van der Waals surface area contributed by atoms with Crippen molar-refractivity contribution < 1.29 is 5.11 Å². The Labute approximate surface area is 90.5 Å². The molecule has 1 aromatic rings. The normalized spacial score (nSPS) is 23.2. The molecule has 15 heavy (non-hydrogen) atoms. The van der Waals surface area contributed by atoms with Gasteiger partial charge in [0.1, 0.15) is 0 Å². The van der Waals surface area contributed by atoms with E-state index in [1.54, 1.807) is 0 Å². The van der Waals surface area contributed by atoms with Crippen molar-refractivity contribution in [2.75, 3.05) is 19.7 Å². The van der Waals surface area contributed by atoms with Crippen molar-refractivity contribution in [1.29, 1.82) is 0 Å². The molecule has 0 saturated carbocycles. The molecule has 0 unspecified atom stereocenters. The van der Waals surface area contributed by atoms with Gasteiger partial charge in [-0.15, -0.1) is 0 Å². The van der Waals surface area contributed by atoms with Crippen LogP contribution in [0.1, 0.15) is 18.5 Å². The maximum absolute atomic E-state index is 9.15. The Balaban J connectivity index is 1.92. The first-order valence-electron chi connectivity index (χ1n) is 5.59. The third-order valence-corrected chi connectivity index (χ3v) is 3.17. The van der Waals surface area contributed by atoms with Crippen molar-refractivity contribution in [1.82, 2.24) is 14.7 Å². The minimum absolute atomic E-state index is 0.321. The molecule has 1 fully saturated rings. The fourth-order valence-corrected chi connectivity index (χ4v) is 2.23. The van der Waals surface area contributed by atoms with Crippen LogP contribution in [-0.2, 0) is 13.6 Å². The average Bonchev–Trinajstić information content (AvgIpc) is 2.65. The minimum atomic E-state index is 0.321. The Morgan fingerprint density at radius 3 is 3.13 bits per heavy atom. The summed E-state index contributed by atoms with van der Waals surface area (Å²) in [5.74, 6) is 0.465.